The molecule has 9 nitrogen and oxygen atoms in total. The maximum Gasteiger partial charge on any atom is 0.451 e. The van der Waals surface area contributed by atoms with Crippen LogP contribution in [-0.4, -0.2) is 61.8 Å². The number of hydrogen-bond acceptors (Lipinski definition) is 8. The van der Waals surface area contributed by atoms with Crippen LogP contribution in [-0.2, 0) is 30.5 Å². The normalized spacial score (nSPS) is 18.0. The van der Waals surface area contributed by atoms with E-state index in [4.69, 9.17) is 9.72 Å². The molecule has 2 aliphatic heterocycles. The van der Waals surface area contributed by atoms with Crippen LogP contribution in [0.25, 0.3) is 10.2 Å². The summed E-state index contributed by atoms with van der Waals surface area (Å²) in [7, 11) is 0. The highest BCUT2D eigenvalue weighted by Gasteiger charge is 2.40. The van der Waals surface area contributed by atoms with Gasteiger partial charge in [-0.25, -0.2) is 0 Å². The Labute approximate surface area is 216 Å². The highest BCUT2D eigenvalue weighted by Crippen LogP contribution is 2.36. The van der Waals surface area contributed by atoms with Gasteiger partial charge in [0.05, 0.1) is 18.5 Å². The van der Waals surface area contributed by atoms with Crippen LogP contribution < -0.4 is 9.64 Å². The Morgan fingerprint density at radius 1 is 1.16 bits per heavy atom. The van der Waals surface area contributed by atoms with Gasteiger partial charge < -0.3 is 19.1 Å². The van der Waals surface area contributed by atoms with E-state index in [0.29, 0.717) is 31.9 Å². The van der Waals surface area contributed by atoms with Crippen LogP contribution in [0.3, 0.4) is 0 Å². The molecule has 0 radical (unpaired) electrons. The number of alkyl halides is 3. The minimum absolute atomic E-state index is 0.106. The molecule has 3 aromatic heterocycles. The van der Waals surface area contributed by atoms with Crippen molar-refractivity contribution in [2.75, 3.05) is 31.1 Å². The fourth-order valence-corrected chi connectivity index (χ4v) is 6.04. The number of carbonyl (C=O) groups is 1. The molecule has 2 aliphatic rings. The molecule has 0 aromatic carbocycles. The van der Waals surface area contributed by atoms with Gasteiger partial charge >= 0.3 is 12.2 Å². The largest absolute Gasteiger partial charge is 0.463 e. The number of fused-ring (bicyclic) bond motifs is 2. The monoisotopic (exact) mass is 537 g/mol. The number of aryl methyl sites for hydroxylation is 1. The van der Waals surface area contributed by atoms with Gasteiger partial charge in [0.1, 0.15) is 10.6 Å². The number of carbonyl (C=O) groups excluding carboxylic acids is 1. The van der Waals surface area contributed by atoms with Gasteiger partial charge in [-0.3, -0.25) is 4.79 Å². The average molecular weight is 538 g/mol. The third-order valence-corrected chi connectivity index (χ3v) is 7.85. The van der Waals surface area contributed by atoms with E-state index in [1.54, 1.807) is 11.3 Å². The summed E-state index contributed by atoms with van der Waals surface area (Å²) >= 11 is 1.58. The molecule has 0 saturated carbocycles. The number of aromatic nitrogens is 5. The molecule has 13 heteroatoms. The lowest BCUT2D eigenvalue weighted by atomic mass is 10.1. The summed E-state index contributed by atoms with van der Waals surface area (Å²) in [6.45, 7) is 6.50. The number of thiophene rings is 1. The van der Waals surface area contributed by atoms with Crippen LogP contribution in [0, 0.1) is 5.92 Å². The van der Waals surface area contributed by atoms with Crippen molar-refractivity contribution in [2.45, 2.75) is 65.2 Å². The number of amides is 1. The number of anilines is 1. The van der Waals surface area contributed by atoms with Gasteiger partial charge in [0.2, 0.25) is 11.7 Å². The smallest absolute Gasteiger partial charge is 0.451 e. The minimum atomic E-state index is -4.55. The van der Waals surface area contributed by atoms with Gasteiger partial charge in [-0.2, -0.15) is 23.1 Å². The molecule has 1 unspecified atom stereocenters. The lowest BCUT2D eigenvalue weighted by Crippen LogP contribution is -2.36. The predicted molar refractivity (Wildman–Crippen MR) is 133 cm³/mol. The quantitative estimate of drug-likeness (QED) is 0.423. The summed E-state index contributed by atoms with van der Waals surface area (Å²) in [5.74, 6) is 0.297. The third-order valence-electron chi connectivity index (χ3n) is 6.76. The molecule has 1 saturated heterocycles. The topological polar surface area (TPSA) is 89.3 Å². The van der Waals surface area contributed by atoms with E-state index in [2.05, 4.69) is 28.2 Å². The molecular weight excluding hydrogens is 507 g/mol. The first-order valence-corrected chi connectivity index (χ1v) is 13.5. The van der Waals surface area contributed by atoms with E-state index in [-0.39, 0.29) is 36.7 Å². The highest BCUT2D eigenvalue weighted by molar-refractivity contribution is 7.18. The van der Waals surface area contributed by atoms with Crippen molar-refractivity contribution in [1.82, 2.24) is 29.6 Å². The van der Waals surface area contributed by atoms with E-state index in [1.165, 1.54) is 4.88 Å². The third kappa shape index (κ3) is 5.36. The molecule has 0 aliphatic carbocycles. The van der Waals surface area contributed by atoms with Crippen molar-refractivity contribution >= 4 is 33.3 Å². The number of hydrogen-bond donors (Lipinski definition) is 0. The van der Waals surface area contributed by atoms with Gasteiger partial charge in [-0.1, -0.05) is 20.3 Å². The molecule has 5 heterocycles. The van der Waals surface area contributed by atoms with Crippen LogP contribution in [0.4, 0.5) is 19.0 Å². The van der Waals surface area contributed by atoms with Gasteiger partial charge in [0.15, 0.2) is 5.82 Å². The first-order chi connectivity index (χ1) is 17.8. The maximum atomic E-state index is 13.3. The molecule has 0 N–H and O–H groups in total. The summed E-state index contributed by atoms with van der Waals surface area (Å²) in [6.07, 6.45) is -0.393. The first kappa shape index (κ1) is 25.7. The fourth-order valence-electron chi connectivity index (χ4n) is 4.92. The summed E-state index contributed by atoms with van der Waals surface area (Å²) in [5, 5.41) is 8.06. The van der Waals surface area contributed by atoms with Crippen molar-refractivity contribution < 1.29 is 22.7 Å². The minimum Gasteiger partial charge on any atom is -0.463 e. The molecule has 1 atom stereocenters. The standard InChI is InChI=1S/C24H30F3N7O2S/c1-3-5-16-11-17-20(33-9-10-34-18(13-33)30-31-22(34)24(25,26)27)28-23(29-21(17)37-16)36-14-15-7-8-32(12-15)19(35)6-4-2/h11,15H,3-10,12-14H2,1-2H3. The molecule has 0 spiro atoms. The van der Waals surface area contributed by atoms with E-state index >= 15 is 0 Å². The molecular formula is C24H30F3N7O2S. The lowest BCUT2D eigenvalue weighted by molar-refractivity contribution is -0.147. The molecule has 200 valence electrons. The second-order valence-electron chi connectivity index (χ2n) is 9.58. The summed E-state index contributed by atoms with van der Waals surface area (Å²) < 4.78 is 47.0. The zero-order chi connectivity index (χ0) is 26.2. The van der Waals surface area contributed by atoms with E-state index in [0.717, 1.165) is 47.0 Å². The Bertz CT molecular complexity index is 1280. The Hall–Kier alpha value is -2.96. The molecule has 37 heavy (non-hydrogen) atoms. The zero-order valence-corrected chi connectivity index (χ0v) is 21.7. The van der Waals surface area contributed by atoms with Crippen molar-refractivity contribution in [1.29, 1.82) is 0 Å². The van der Waals surface area contributed by atoms with Crippen molar-refractivity contribution in [3.63, 3.8) is 0 Å². The summed E-state index contributed by atoms with van der Waals surface area (Å²) in [6, 6.07) is 2.31. The van der Waals surface area contributed by atoms with Crippen molar-refractivity contribution in [2.24, 2.45) is 5.92 Å². The average Bonchev–Trinajstić information content (AvgIpc) is 3.59. The van der Waals surface area contributed by atoms with Crippen LogP contribution in [0.1, 0.15) is 56.1 Å². The number of rotatable bonds is 8. The van der Waals surface area contributed by atoms with Crippen molar-refractivity contribution in [3.8, 4) is 6.01 Å². The highest BCUT2D eigenvalue weighted by atomic mass is 32.1. The van der Waals surface area contributed by atoms with E-state index < -0.39 is 12.0 Å². The summed E-state index contributed by atoms with van der Waals surface area (Å²) in [4.78, 5) is 27.4. The zero-order valence-electron chi connectivity index (χ0n) is 20.9. The molecule has 0 bridgehead atoms. The van der Waals surface area contributed by atoms with E-state index in [1.807, 2.05) is 16.7 Å². The van der Waals surface area contributed by atoms with Crippen LogP contribution in [0.15, 0.2) is 6.07 Å². The number of halogens is 3. The Morgan fingerprint density at radius 3 is 2.76 bits per heavy atom. The van der Waals surface area contributed by atoms with Crippen molar-refractivity contribution in [3.05, 3.63) is 22.6 Å². The molecule has 1 fully saturated rings. The van der Waals surface area contributed by atoms with Crippen LogP contribution in [0.2, 0.25) is 0 Å². The number of nitrogens with zero attached hydrogens (tertiary/aromatic N) is 7. The second-order valence-corrected chi connectivity index (χ2v) is 10.7. The Morgan fingerprint density at radius 2 is 2.00 bits per heavy atom. The fraction of sp³-hybridized carbons (Fsp3) is 0.625. The molecule has 5 rings (SSSR count). The molecule has 1 amide bonds. The second kappa shape index (κ2) is 10.4. The lowest BCUT2D eigenvalue weighted by Gasteiger charge is -2.29. The van der Waals surface area contributed by atoms with Gasteiger partial charge in [0.25, 0.3) is 0 Å². The Kier molecular flexibility index (Phi) is 7.24. The van der Waals surface area contributed by atoms with Gasteiger partial charge in [-0.05, 0) is 25.3 Å². The van der Waals surface area contributed by atoms with Gasteiger partial charge in [-0.15, -0.1) is 21.5 Å². The predicted octanol–water partition coefficient (Wildman–Crippen LogP) is 4.30. The van der Waals surface area contributed by atoms with Gasteiger partial charge in [0, 0.05) is 43.4 Å². The Balaban J connectivity index is 1.37. The summed E-state index contributed by atoms with van der Waals surface area (Å²) in [5.41, 5.74) is 0. The van der Waals surface area contributed by atoms with Crippen LogP contribution >= 0.6 is 11.3 Å². The number of likely N-dealkylation sites (tertiary alicyclic amines) is 1. The number of ether oxygens (including phenoxy) is 1. The maximum absolute atomic E-state index is 13.3. The SMILES string of the molecule is CCCC(=O)N1CCC(COc2nc(N3CCn4c(nnc4C(F)(F)F)C3)c3cc(CCC)sc3n2)C1. The van der Waals surface area contributed by atoms with E-state index in [9.17, 15) is 18.0 Å². The molecule has 3 aromatic rings. The first-order valence-electron chi connectivity index (χ1n) is 12.7. The van der Waals surface area contributed by atoms with Crippen LogP contribution in [0.5, 0.6) is 6.01 Å².